The Balaban J connectivity index is 1.69. The van der Waals surface area contributed by atoms with Gasteiger partial charge in [-0.25, -0.2) is 4.98 Å². The lowest BCUT2D eigenvalue weighted by molar-refractivity contribution is 0.0983. The summed E-state index contributed by atoms with van der Waals surface area (Å²) in [6.45, 7) is 12.0. The topological polar surface area (TPSA) is 36.4 Å². The zero-order valence-electron chi connectivity index (χ0n) is 19.2. The number of likely N-dealkylation sites (N-methyl/N-ethyl adjacent to an activating group) is 1. The lowest BCUT2D eigenvalue weighted by Crippen LogP contribution is -2.39. The van der Waals surface area contributed by atoms with E-state index in [1.54, 1.807) is 11.3 Å². The number of hydrogen-bond acceptors (Lipinski definition) is 4. The van der Waals surface area contributed by atoms with Gasteiger partial charge in [-0.3, -0.25) is 9.69 Å². The molecule has 3 aromatic rings. The number of carbonyl (C=O) groups excluding carboxylic acids is 1. The summed E-state index contributed by atoms with van der Waals surface area (Å²) in [5.74, 6) is 0.0630. The molecule has 0 radical (unpaired) electrons. The summed E-state index contributed by atoms with van der Waals surface area (Å²) in [5, 5.41) is 0.801. The summed E-state index contributed by atoms with van der Waals surface area (Å²) in [5.41, 5.74) is 7.01. The van der Waals surface area contributed by atoms with Gasteiger partial charge in [0.15, 0.2) is 5.13 Å². The Morgan fingerprint density at radius 1 is 0.968 bits per heavy atom. The Kier molecular flexibility index (Phi) is 6.73. The largest absolute Gasteiger partial charge is 0.302 e. The molecule has 1 heterocycles. The fourth-order valence-corrected chi connectivity index (χ4v) is 5.44. The van der Waals surface area contributed by atoms with Crippen LogP contribution in [0.25, 0.3) is 10.2 Å². The van der Waals surface area contributed by atoms with Crippen molar-refractivity contribution in [1.82, 2.24) is 9.88 Å². The summed E-state index contributed by atoms with van der Waals surface area (Å²) < 4.78 is 1.14. The Morgan fingerprint density at radius 2 is 1.68 bits per heavy atom. The fraction of sp³-hybridized carbons (Fsp3) is 0.462. The Morgan fingerprint density at radius 3 is 2.42 bits per heavy atom. The van der Waals surface area contributed by atoms with E-state index >= 15 is 0 Å². The van der Waals surface area contributed by atoms with E-state index in [4.69, 9.17) is 4.98 Å². The zero-order valence-corrected chi connectivity index (χ0v) is 20.0. The lowest BCUT2D eigenvalue weighted by Gasteiger charge is -2.25. The Labute approximate surface area is 189 Å². The van der Waals surface area contributed by atoms with Crippen LogP contribution in [-0.2, 0) is 12.8 Å². The molecule has 0 bridgehead atoms. The van der Waals surface area contributed by atoms with Crippen molar-refractivity contribution < 1.29 is 4.79 Å². The van der Waals surface area contributed by atoms with Crippen LogP contribution >= 0.6 is 11.3 Å². The standard InChI is InChI=1S/C26H33N3OS/c1-5-28(6-2)13-14-29(26-27-23-15-18(3)19(4)16-24(23)31-26)25(30)22-12-11-20-9-7-8-10-21(20)17-22/h11-12,15-17H,5-10,13-14H2,1-4H3. The molecule has 0 unspecified atom stereocenters. The van der Waals surface area contributed by atoms with Crippen molar-refractivity contribution in [2.24, 2.45) is 0 Å². The number of aromatic nitrogens is 1. The van der Waals surface area contributed by atoms with Gasteiger partial charge in [-0.05, 0) is 99.1 Å². The summed E-state index contributed by atoms with van der Waals surface area (Å²) in [6, 6.07) is 10.6. The molecule has 164 valence electrons. The van der Waals surface area contributed by atoms with E-state index in [2.05, 4.69) is 56.9 Å². The van der Waals surface area contributed by atoms with Gasteiger partial charge in [-0.2, -0.15) is 0 Å². The number of carbonyl (C=O) groups is 1. The highest BCUT2D eigenvalue weighted by Gasteiger charge is 2.23. The molecule has 0 saturated heterocycles. The molecule has 5 heteroatoms. The number of rotatable bonds is 7. The number of thiazole rings is 1. The summed E-state index contributed by atoms with van der Waals surface area (Å²) in [4.78, 5) is 22.8. The molecule has 1 aliphatic rings. The van der Waals surface area contributed by atoms with Crippen molar-refractivity contribution in [3.05, 3.63) is 58.1 Å². The van der Waals surface area contributed by atoms with Crippen LogP contribution in [0.15, 0.2) is 30.3 Å². The number of aryl methyl sites for hydroxylation is 4. The van der Waals surface area contributed by atoms with Crippen LogP contribution in [0.1, 0.15) is 59.3 Å². The van der Waals surface area contributed by atoms with Crippen LogP contribution < -0.4 is 4.90 Å². The lowest BCUT2D eigenvalue weighted by atomic mass is 9.90. The van der Waals surface area contributed by atoms with E-state index in [-0.39, 0.29) is 5.91 Å². The van der Waals surface area contributed by atoms with Crippen LogP contribution in [0.4, 0.5) is 5.13 Å². The molecule has 31 heavy (non-hydrogen) atoms. The summed E-state index contributed by atoms with van der Waals surface area (Å²) in [6.07, 6.45) is 4.68. The molecule has 0 aliphatic heterocycles. The third kappa shape index (κ3) is 4.68. The van der Waals surface area contributed by atoms with Gasteiger partial charge >= 0.3 is 0 Å². The first kappa shape index (κ1) is 22.0. The molecule has 0 N–H and O–H groups in total. The minimum absolute atomic E-state index is 0.0630. The maximum atomic E-state index is 13.7. The maximum Gasteiger partial charge on any atom is 0.260 e. The SMILES string of the molecule is CCN(CC)CCN(C(=O)c1ccc2c(c1)CCCC2)c1nc2cc(C)c(C)cc2s1. The van der Waals surface area contributed by atoms with E-state index in [0.29, 0.717) is 6.54 Å². The molecule has 1 aromatic heterocycles. The van der Waals surface area contributed by atoms with E-state index in [1.165, 1.54) is 35.1 Å². The van der Waals surface area contributed by atoms with Crippen LogP contribution in [0, 0.1) is 13.8 Å². The molecule has 1 amide bonds. The molecular weight excluding hydrogens is 402 g/mol. The number of amides is 1. The second kappa shape index (κ2) is 9.49. The average Bonchev–Trinajstić information content (AvgIpc) is 3.18. The third-order valence-corrected chi connectivity index (χ3v) is 7.64. The molecular formula is C26H33N3OS. The van der Waals surface area contributed by atoms with Gasteiger partial charge < -0.3 is 4.90 Å². The third-order valence-electron chi connectivity index (χ3n) is 6.60. The van der Waals surface area contributed by atoms with Crippen molar-refractivity contribution in [2.45, 2.75) is 53.4 Å². The molecule has 2 aromatic carbocycles. The Hall–Kier alpha value is -2.24. The van der Waals surface area contributed by atoms with Crippen molar-refractivity contribution in [1.29, 1.82) is 0 Å². The van der Waals surface area contributed by atoms with E-state index < -0.39 is 0 Å². The smallest absolute Gasteiger partial charge is 0.260 e. The highest BCUT2D eigenvalue weighted by molar-refractivity contribution is 7.22. The monoisotopic (exact) mass is 435 g/mol. The van der Waals surface area contributed by atoms with Crippen molar-refractivity contribution >= 4 is 32.6 Å². The minimum atomic E-state index is 0.0630. The van der Waals surface area contributed by atoms with E-state index in [1.807, 2.05) is 11.0 Å². The molecule has 4 rings (SSSR count). The van der Waals surface area contributed by atoms with Gasteiger partial charge in [-0.15, -0.1) is 0 Å². The predicted molar refractivity (Wildman–Crippen MR) is 132 cm³/mol. The number of anilines is 1. The summed E-state index contributed by atoms with van der Waals surface area (Å²) in [7, 11) is 0. The van der Waals surface area contributed by atoms with Gasteiger partial charge in [0.05, 0.1) is 10.2 Å². The maximum absolute atomic E-state index is 13.7. The molecule has 0 atom stereocenters. The van der Waals surface area contributed by atoms with Crippen molar-refractivity contribution in [3.63, 3.8) is 0 Å². The number of benzene rings is 2. The first-order valence-electron chi connectivity index (χ1n) is 11.5. The highest BCUT2D eigenvalue weighted by Crippen LogP contribution is 2.32. The number of nitrogens with zero attached hydrogens (tertiary/aromatic N) is 3. The normalized spacial score (nSPS) is 13.6. The molecule has 1 aliphatic carbocycles. The van der Waals surface area contributed by atoms with Gasteiger partial charge in [0, 0.05) is 18.7 Å². The first-order chi connectivity index (χ1) is 15.0. The van der Waals surface area contributed by atoms with Crippen LogP contribution in [0.5, 0.6) is 0 Å². The second-order valence-electron chi connectivity index (χ2n) is 8.57. The fourth-order valence-electron chi connectivity index (χ4n) is 4.37. The van der Waals surface area contributed by atoms with Crippen LogP contribution in [0.2, 0.25) is 0 Å². The molecule has 4 nitrogen and oxygen atoms in total. The van der Waals surface area contributed by atoms with E-state index in [0.717, 1.165) is 53.4 Å². The van der Waals surface area contributed by atoms with Crippen LogP contribution in [-0.4, -0.2) is 42.0 Å². The summed E-state index contributed by atoms with van der Waals surface area (Å²) >= 11 is 1.62. The quantitative estimate of drug-likeness (QED) is 0.472. The second-order valence-corrected chi connectivity index (χ2v) is 9.58. The minimum Gasteiger partial charge on any atom is -0.302 e. The number of fused-ring (bicyclic) bond motifs is 2. The molecule has 0 saturated carbocycles. The van der Waals surface area contributed by atoms with Gasteiger partial charge in [-0.1, -0.05) is 31.3 Å². The van der Waals surface area contributed by atoms with E-state index in [9.17, 15) is 4.79 Å². The first-order valence-corrected chi connectivity index (χ1v) is 12.4. The van der Waals surface area contributed by atoms with Crippen molar-refractivity contribution in [3.8, 4) is 0 Å². The zero-order chi connectivity index (χ0) is 22.0. The van der Waals surface area contributed by atoms with Crippen molar-refractivity contribution in [2.75, 3.05) is 31.1 Å². The predicted octanol–water partition coefficient (Wildman–Crippen LogP) is 5.78. The van der Waals surface area contributed by atoms with Gasteiger partial charge in [0.1, 0.15) is 0 Å². The van der Waals surface area contributed by atoms with Crippen LogP contribution in [0.3, 0.4) is 0 Å². The molecule has 0 fully saturated rings. The highest BCUT2D eigenvalue weighted by atomic mass is 32.1. The number of hydrogen-bond donors (Lipinski definition) is 0. The molecule has 0 spiro atoms. The van der Waals surface area contributed by atoms with Gasteiger partial charge in [0.2, 0.25) is 0 Å². The Bertz CT molecular complexity index is 1040. The van der Waals surface area contributed by atoms with Gasteiger partial charge in [0.25, 0.3) is 5.91 Å². The average molecular weight is 436 g/mol.